The first-order chi connectivity index (χ1) is 15.5. The highest BCUT2D eigenvalue weighted by atomic mass is 28.3. The van der Waals surface area contributed by atoms with Crippen molar-refractivity contribution in [2.75, 3.05) is 13.7 Å². The number of Topliss-reactive ketones (excluding diaryl/α,β-unsaturated/α-hetero) is 1. The molecule has 6 nitrogen and oxygen atoms in total. The predicted molar refractivity (Wildman–Crippen MR) is 123 cm³/mol. The van der Waals surface area contributed by atoms with E-state index in [4.69, 9.17) is 4.74 Å². The molecule has 3 rings (SSSR count). The van der Waals surface area contributed by atoms with Crippen LogP contribution in [0.25, 0.3) is 0 Å². The number of hydrogen-bond donors (Lipinski definition) is 2. The van der Waals surface area contributed by atoms with Gasteiger partial charge in [0.05, 0.1) is 21.1 Å². The molecule has 1 aliphatic rings. The van der Waals surface area contributed by atoms with E-state index in [1.54, 1.807) is 24.3 Å². The number of benzene rings is 2. The Hall–Kier alpha value is -3.07. The van der Waals surface area contributed by atoms with Gasteiger partial charge in [0, 0.05) is 19.4 Å². The minimum atomic E-state index is -2.10. The number of halogens is 2. The van der Waals surface area contributed by atoms with Crippen molar-refractivity contribution in [1.29, 1.82) is 0 Å². The van der Waals surface area contributed by atoms with Crippen molar-refractivity contribution in [3.8, 4) is 5.75 Å². The summed E-state index contributed by atoms with van der Waals surface area (Å²) in [5, 5.41) is 5.64. The van der Waals surface area contributed by atoms with E-state index in [1.165, 1.54) is 13.2 Å². The SMILES string of the molecule is COc1ccc(C(NC(=O)C2CNC(=O)C2)C(=O)Cc2cc(F)c([Si](C)(C)C)cc2F)cc1. The van der Waals surface area contributed by atoms with Crippen molar-refractivity contribution in [1.82, 2.24) is 10.6 Å². The van der Waals surface area contributed by atoms with Gasteiger partial charge >= 0.3 is 0 Å². The molecular formula is C24H28F2N2O4Si. The average molecular weight is 475 g/mol. The Morgan fingerprint density at radius 2 is 1.82 bits per heavy atom. The van der Waals surface area contributed by atoms with Gasteiger partial charge in [-0.1, -0.05) is 31.8 Å². The van der Waals surface area contributed by atoms with E-state index in [0.717, 1.165) is 6.07 Å². The lowest BCUT2D eigenvalue weighted by Gasteiger charge is -2.21. The molecule has 0 aliphatic carbocycles. The predicted octanol–water partition coefficient (Wildman–Crippen LogP) is 2.62. The Bertz CT molecular complexity index is 1070. The molecule has 1 aliphatic heterocycles. The third kappa shape index (κ3) is 5.84. The monoisotopic (exact) mass is 474 g/mol. The molecule has 2 N–H and O–H groups in total. The van der Waals surface area contributed by atoms with Crippen LogP contribution in [-0.4, -0.2) is 39.3 Å². The van der Waals surface area contributed by atoms with Crippen molar-refractivity contribution in [2.45, 2.75) is 38.5 Å². The molecule has 2 amide bonds. The van der Waals surface area contributed by atoms with Gasteiger partial charge in [-0.15, -0.1) is 0 Å². The minimum absolute atomic E-state index is 0.0351. The summed E-state index contributed by atoms with van der Waals surface area (Å²) in [4.78, 5) is 37.4. The molecule has 1 fully saturated rings. The van der Waals surface area contributed by atoms with Gasteiger partial charge in [-0.25, -0.2) is 8.78 Å². The Morgan fingerprint density at radius 1 is 1.15 bits per heavy atom. The lowest BCUT2D eigenvalue weighted by atomic mass is 9.96. The van der Waals surface area contributed by atoms with Crippen molar-refractivity contribution in [2.24, 2.45) is 5.92 Å². The fourth-order valence-corrected chi connectivity index (χ4v) is 5.13. The van der Waals surface area contributed by atoms with Crippen LogP contribution in [0.5, 0.6) is 5.75 Å². The van der Waals surface area contributed by atoms with E-state index in [1.807, 2.05) is 19.6 Å². The van der Waals surface area contributed by atoms with E-state index in [-0.39, 0.29) is 24.4 Å². The van der Waals surface area contributed by atoms with Gasteiger partial charge in [-0.2, -0.15) is 0 Å². The molecule has 9 heteroatoms. The third-order valence-corrected chi connectivity index (χ3v) is 7.71. The van der Waals surface area contributed by atoms with Crippen LogP contribution in [0, 0.1) is 17.6 Å². The molecule has 0 saturated carbocycles. The van der Waals surface area contributed by atoms with Crippen LogP contribution in [-0.2, 0) is 20.8 Å². The van der Waals surface area contributed by atoms with Crippen molar-refractivity contribution in [3.63, 3.8) is 0 Å². The number of hydrogen-bond acceptors (Lipinski definition) is 4. The molecule has 1 saturated heterocycles. The highest BCUT2D eigenvalue weighted by Crippen LogP contribution is 2.23. The maximum Gasteiger partial charge on any atom is 0.226 e. The maximum absolute atomic E-state index is 14.8. The van der Waals surface area contributed by atoms with Crippen LogP contribution < -0.4 is 20.6 Å². The standard InChI is InChI=1S/C24H28F2N2O4Si/c1-32-17-7-5-14(6-8-17)23(28-24(31)16-11-22(30)27-13-16)20(29)10-15-9-19(26)21(12-18(15)25)33(2,3)4/h5-9,12,16,23H,10-11,13H2,1-4H3,(H,27,30)(H,28,31). The maximum atomic E-state index is 14.8. The highest BCUT2D eigenvalue weighted by Gasteiger charge is 2.32. The van der Waals surface area contributed by atoms with Crippen molar-refractivity contribution >= 4 is 30.9 Å². The first kappa shape index (κ1) is 24.6. The normalized spacial score (nSPS) is 16.8. The molecule has 2 aromatic rings. The second-order valence-electron chi connectivity index (χ2n) is 9.24. The van der Waals surface area contributed by atoms with Crippen LogP contribution in [0.2, 0.25) is 19.6 Å². The number of nitrogens with one attached hydrogen (secondary N) is 2. The van der Waals surface area contributed by atoms with E-state index < -0.39 is 49.8 Å². The van der Waals surface area contributed by atoms with E-state index in [2.05, 4.69) is 10.6 Å². The second-order valence-corrected chi connectivity index (χ2v) is 14.3. The number of ether oxygens (including phenoxy) is 1. The largest absolute Gasteiger partial charge is 0.497 e. The number of carbonyl (C=O) groups is 3. The topological polar surface area (TPSA) is 84.5 Å². The summed E-state index contributed by atoms with van der Waals surface area (Å²) >= 11 is 0. The number of carbonyl (C=O) groups excluding carboxylic acids is 3. The smallest absolute Gasteiger partial charge is 0.226 e. The Balaban J connectivity index is 1.88. The summed E-state index contributed by atoms with van der Waals surface area (Å²) in [7, 11) is -0.596. The zero-order valence-electron chi connectivity index (χ0n) is 19.1. The number of amides is 2. The molecule has 2 aromatic carbocycles. The summed E-state index contributed by atoms with van der Waals surface area (Å²) < 4.78 is 34.6. The Labute approximate surface area is 192 Å². The first-order valence-electron chi connectivity index (χ1n) is 10.7. The Kier molecular flexibility index (Phi) is 7.31. The molecule has 2 unspecified atom stereocenters. The van der Waals surface area contributed by atoms with Gasteiger partial charge in [0.2, 0.25) is 11.8 Å². The van der Waals surface area contributed by atoms with Gasteiger partial charge in [0.25, 0.3) is 0 Å². The molecule has 33 heavy (non-hydrogen) atoms. The number of ketones is 1. The van der Waals surface area contributed by atoms with Crippen LogP contribution in [0.3, 0.4) is 0 Å². The molecule has 0 aromatic heterocycles. The summed E-state index contributed by atoms with van der Waals surface area (Å²) in [6, 6.07) is 7.72. The molecular weight excluding hydrogens is 446 g/mol. The van der Waals surface area contributed by atoms with E-state index >= 15 is 0 Å². The summed E-state index contributed by atoms with van der Waals surface area (Å²) in [6.45, 7) is 5.92. The van der Waals surface area contributed by atoms with E-state index in [0.29, 0.717) is 16.5 Å². The molecule has 2 atom stereocenters. The van der Waals surface area contributed by atoms with E-state index in [9.17, 15) is 23.2 Å². The third-order valence-electron chi connectivity index (χ3n) is 5.71. The van der Waals surface area contributed by atoms with Gasteiger partial charge in [0.15, 0.2) is 5.78 Å². The second kappa shape index (κ2) is 9.82. The van der Waals surface area contributed by atoms with Crippen LogP contribution in [0.1, 0.15) is 23.6 Å². The summed E-state index contributed by atoms with van der Waals surface area (Å²) in [6.07, 6.45) is -0.360. The fraction of sp³-hybridized carbons (Fsp3) is 0.375. The molecule has 0 spiro atoms. The van der Waals surface area contributed by atoms with Crippen LogP contribution in [0.15, 0.2) is 36.4 Å². The molecule has 0 radical (unpaired) electrons. The zero-order chi connectivity index (χ0) is 24.3. The first-order valence-corrected chi connectivity index (χ1v) is 14.2. The van der Waals surface area contributed by atoms with Gasteiger partial charge in [-0.3, -0.25) is 14.4 Å². The van der Waals surface area contributed by atoms with Crippen molar-refractivity contribution < 1.29 is 27.9 Å². The molecule has 0 bridgehead atoms. The van der Waals surface area contributed by atoms with Crippen LogP contribution in [0.4, 0.5) is 8.78 Å². The van der Waals surface area contributed by atoms with Crippen LogP contribution >= 0.6 is 0 Å². The lowest BCUT2D eigenvalue weighted by molar-refractivity contribution is -0.130. The highest BCUT2D eigenvalue weighted by molar-refractivity contribution is 6.88. The number of methoxy groups -OCH3 is 1. The number of rotatable bonds is 8. The fourth-order valence-electron chi connectivity index (χ4n) is 3.78. The van der Waals surface area contributed by atoms with Crippen molar-refractivity contribution in [3.05, 3.63) is 59.2 Å². The summed E-state index contributed by atoms with van der Waals surface area (Å²) in [5.74, 6) is -2.39. The Morgan fingerprint density at radius 3 is 2.36 bits per heavy atom. The van der Waals surface area contributed by atoms with Gasteiger partial charge in [0.1, 0.15) is 23.4 Å². The molecule has 1 heterocycles. The van der Waals surface area contributed by atoms with Gasteiger partial charge < -0.3 is 15.4 Å². The average Bonchev–Trinajstić information content (AvgIpc) is 3.20. The molecule has 176 valence electrons. The summed E-state index contributed by atoms with van der Waals surface area (Å²) in [5.41, 5.74) is 0.413. The van der Waals surface area contributed by atoms with Gasteiger partial charge in [-0.05, 0) is 40.6 Å². The zero-order valence-corrected chi connectivity index (χ0v) is 20.1. The minimum Gasteiger partial charge on any atom is -0.497 e. The quantitative estimate of drug-likeness (QED) is 0.576. The lowest BCUT2D eigenvalue weighted by Crippen LogP contribution is -2.41.